The van der Waals surface area contributed by atoms with E-state index in [1.54, 1.807) is 25.5 Å². The van der Waals surface area contributed by atoms with Crippen LogP contribution >= 0.6 is 0 Å². The highest BCUT2D eigenvalue weighted by atomic mass is 16.2. The summed E-state index contributed by atoms with van der Waals surface area (Å²) in [6, 6.07) is 1.95. The van der Waals surface area contributed by atoms with Gasteiger partial charge in [-0.15, -0.1) is 0 Å². The van der Waals surface area contributed by atoms with Gasteiger partial charge in [0, 0.05) is 19.3 Å². The van der Waals surface area contributed by atoms with Crippen LogP contribution in [0.15, 0.2) is 18.5 Å². The molecule has 5 heteroatoms. The fourth-order valence-corrected chi connectivity index (χ4v) is 2.16. The number of aromatic nitrogens is 1. The number of nitrogen functional groups attached to an aromatic ring is 1. The zero-order chi connectivity index (χ0) is 12.3. The molecule has 0 saturated heterocycles. The molecule has 0 aromatic carbocycles. The smallest absolute Gasteiger partial charge is 0.321 e. The van der Waals surface area contributed by atoms with Gasteiger partial charge in [0.1, 0.15) is 0 Å². The van der Waals surface area contributed by atoms with Crippen LogP contribution in [-0.2, 0) is 0 Å². The molecule has 2 rings (SSSR count). The molecule has 1 heterocycles. The number of nitrogens with one attached hydrogen (secondary N) is 1. The fraction of sp³-hybridized carbons (Fsp3) is 0.500. The summed E-state index contributed by atoms with van der Waals surface area (Å²) in [5, 5.41) is 3.02. The highest BCUT2D eigenvalue weighted by Crippen LogP contribution is 2.21. The Morgan fingerprint density at radius 1 is 1.53 bits per heavy atom. The molecule has 92 valence electrons. The minimum absolute atomic E-state index is 0.102. The van der Waals surface area contributed by atoms with Crippen LogP contribution in [0.5, 0.6) is 0 Å². The van der Waals surface area contributed by atoms with Crippen molar-refractivity contribution in [3.05, 3.63) is 18.5 Å². The van der Waals surface area contributed by atoms with Gasteiger partial charge in [-0.3, -0.25) is 9.88 Å². The van der Waals surface area contributed by atoms with Crippen molar-refractivity contribution in [1.29, 1.82) is 0 Å². The number of pyridine rings is 1. The van der Waals surface area contributed by atoms with Gasteiger partial charge in [-0.2, -0.15) is 0 Å². The van der Waals surface area contributed by atoms with E-state index >= 15 is 0 Å². The molecule has 1 aromatic rings. The number of nitrogens with zero attached hydrogens (tertiary/aromatic N) is 2. The number of amides is 2. The third-order valence-electron chi connectivity index (χ3n) is 3.18. The van der Waals surface area contributed by atoms with E-state index in [9.17, 15) is 4.79 Å². The Morgan fingerprint density at radius 3 is 2.88 bits per heavy atom. The van der Waals surface area contributed by atoms with Crippen LogP contribution in [0.4, 0.5) is 16.2 Å². The Kier molecular flexibility index (Phi) is 3.46. The van der Waals surface area contributed by atoms with Crippen LogP contribution in [0.25, 0.3) is 0 Å². The normalized spacial score (nSPS) is 15.8. The third kappa shape index (κ3) is 2.67. The van der Waals surface area contributed by atoms with Crippen molar-refractivity contribution < 1.29 is 4.79 Å². The largest absolute Gasteiger partial charge is 0.396 e. The minimum atomic E-state index is -0.102. The van der Waals surface area contributed by atoms with Gasteiger partial charge in [0.15, 0.2) is 0 Å². The lowest BCUT2D eigenvalue weighted by Gasteiger charge is -2.21. The first-order chi connectivity index (χ1) is 8.18. The molecule has 0 atom stereocenters. The molecule has 5 nitrogen and oxygen atoms in total. The lowest BCUT2D eigenvalue weighted by atomic mass is 10.2. The van der Waals surface area contributed by atoms with Crippen molar-refractivity contribution in [3.63, 3.8) is 0 Å². The molecule has 17 heavy (non-hydrogen) atoms. The van der Waals surface area contributed by atoms with Crippen LogP contribution in [0.3, 0.4) is 0 Å². The van der Waals surface area contributed by atoms with Crippen molar-refractivity contribution in [2.75, 3.05) is 17.7 Å². The molecule has 0 bridgehead atoms. The summed E-state index contributed by atoms with van der Waals surface area (Å²) < 4.78 is 0. The maximum Gasteiger partial charge on any atom is 0.321 e. The molecular weight excluding hydrogens is 216 g/mol. The molecule has 0 radical (unpaired) electrons. The highest BCUT2D eigenvalue weighted by molar-refractivity contribution is 5.94. The predicted octanol–water partition coefficient (Wildman–Crippen LogP) is 1.75. The molecule has 1 saturated carbocycles. The van der Waals surface area contributed by atoms with Gasteiger partial charge < -0.3 is 11.1 Å². The fourth-order valence-electron chi connectivity index (χ4n) is 2.16. The van der Waals surface area contributed by atoms with E-state index in [-0.39, 0.29) is 6.03 Å². The maximum atomic E-state index is 12.0. The van der Waals surface area contributed by atoms with Gasteiger partial charge in [0.05, 0.1) is 17.6 Å². The molecule has 0 unspecified atom stereocenters. The average Bonchev–Trinajstić information content (AvgIpc) is 2.81. The summed E-state index contributed by atoms with van der Waals surface area (Å²) in [5.74, 6) is 0. The average molecular weight is 234 g/mol. The molecule has 0 spiro atoms. The monoisotopic (exact) mass is 234 g/mol. The zero-order valence-electron chi connectivity index (χ0n) is 10.0. The molecular formula is C12H18N4O. The quantitative estimate of drug-likeness (QED) is 0.819. The maximum absolute atomic E-state index is 12.0. The lowest BCUT2D eigenvalue weighted by molar-refractivity contribution is 0.244. The first-order valence-electron chi connectivity index (χ1n) is 5.92. The SMILES string of the molecule is CN(C(=O)NC1CCCC1)c1ccncc1N. The number of carbonyl (C=O) groups is 1. The number of hydrogen-bond donors (Lipinski definition) is 2. The van der Waals surface area contributed by atoms with Crippen LogP contribution in [0.2, 0.25) is 0 Å². The summed E-state index contributed by atoms with van der Waals surface area (Å²) in [4.78, 5) is 17.4. The predicted molar refractivity (Wildman–Crippen MR) is 67.8 cm³/mol. The number of urea groups is 1. The molecule has 0 aliphatic heterocycles. The number of nitrogens with two attached hydrogens (primary N) is 1. The second-order valence-corrected chi connectivity index (χ2v) is 4.42. The Balaban J connectivity index is 2.01. The number of hydrogen-bond acceptors (Lipinski definition) is 3. The molecule has 2 amide bonds. The van der Waals surface area contributed by atoms with Gasteiger partial charge >= 0.3 is 6.03 Å². The first-order valence-corrected chi connectivity index (χ1v) is 5.92. The molecule has 3 N–H and O–H groups in total. The van der Waals surface area contributed by atoms with Crippen LogP contribution in [-0.4, -0.2) is 24.1 Å². The van der Waals surface area contributed by atoms with Crippen molar-refractivity contribution in [3.8, 4) is 0 Å². The van der Waals surface area contributed by atoms with E-state index in [0.29, 0.717) is 17.4 Å². The van der Waals surface area contributed by atoms with Gasteiger partial charge in [0.2, 0.25) is 0 Å². The second-order valence-electron chi connectivity index (χ2n) is 4.42. The Labute approximate surface area is 101 Å². The lowest BCUT2D eigenvalue weighted by Crippen LogP contribution is -2.42. The van der Waals surface area contributed by atoms with Crippen molar-refractivity contribution in [2.45, 2.75) is 31.7 Å². The Hall–Kier alpha value is -1.78. The molecule has 1 aromatic heterocycles. The van der Waals surface area contributed by atoms with Gasteiger partial charge in [-0.1, -0.05) is 12.8 Å². The topological polar surface area (TPSA) is 71.2 Å². The van der Waals surface area contributed by atoms with Crippen molar-refractivity contribution >= 4 is 17.4 Å². The summed E-state index contributed by atoms with van der Waals surface area (Å²) in [5.41, 5.74) is 6.98. The number of anilines is 2. The van der Waals surface area contributed by atoms with Gasteiger partial charge in [-0.25, -0.2) is 4.79 Å². The summed E-state index contributed by atoms with van der Waals surface area (Å²) in [6.07, 6.45) is 7.73. The van der Waals surface area contributed by atoms with Gasteiger partial charge in [-0.05, 0) is 18.9 Å². The number of rotatable bonds is 2. The Morgan fingerprint density at radius 2 is 2.24 bits per heavy atom. The molecule has 1 aliphatic rings. The van der Waals surface area contributed by atoms with Crippen molar-refractivity contribution in [2.24, 2.45) is 0 Å². The standard InChI is InChI=1S/C12H18N4O/c1-16(11-6-7-14-8-10(11)13)12(17)15-9-4-2-3-5-9/h6-9H,2-5,13H2,1H3,(H,15,17). The van der Waals surface area contributed by atoms with Gasteiger partial charge in [0.25, 0.3) is 0 Å². The minimum Gasteiger partial charge on any atom is -0.396 e. The third-order valence-corrected chi connectivity index (χ3v) is 3.18. The summed E-state index contributed by atoms with van der Waals surface area (Å²) in [7, 11) is 1.72. The van der Waals surface area contributed by atoms with E-state index in [2.05, 4.69) is 10.3 Å². The summed E-state index contributed by atoms with van der Waals surface area (Å²) in [6.45, 7) is 0. The Bertz CT molecular complexity index is 401. The van der Waals surface area contributed by atoms with Crippen LogP contribution < -0.4 is 16.0 Å². The van der Waals surface area contributed by atoms with Crippen LogP contribution in [0.1, 0.15) is 25.7 Å². The van der Waals surface area contributed by atoms with E-state index in [4.69, 9.17) is 5.73 Å². The van der Waals surface area contributed by atoms with E-state index in [1.165, 1.54) is 17.7 Å². The highest BCUT2D eigenvalue weighted by Gasteiger charge is 2.20. The molecule has 1 aliphatic carbocycles. The van der Waals surface area contributed by atoms with E-state index < -0.39 is 0 Å². The van der Waals surface area contributed by atoms with Crippen molar-refractivity contribution in [1.82, 2.24) is 10.3 Å². The first kappa shape index (κ1) is 11.7. The second kappa shape index (κ2) is 5.03. The van der Waals surface area contributed by atoms with Crippen LogP contribution in [0, 0.1) is 0 Å². The zero-order valence-corrected chi connectivity index (χ0v) is 10.0. The summed E-state index contributed by atoms with van der Waals surface area (Å²) >= 11 is 0. The number of carbonyl (C=O) groups excluding carboxylic acids is 1. The van der Waals surface area contributed by atoms with E-state index in [0.717, 1.165) is 12.8 Å². The molecule has 1 fully saturated rings. The van der Waals surface area contributed by atoms with E-state index in [1.807, 2.05) is 0 Å².